The number of carbonyl (C=O) groups excluding carboxylic acids is 4. The summed E-state index contributed by atoms with van der Waals surface area (Å²) in [4.78, 5) is 56.7. The minimum Gasteiger partial charge on any atom is -0.327 e. The number of rotatable bonds is 4. The Balaban J connectivity index is 1.51. The summed E-state index contributed by atoms with van der Waals surface area (Å²) in [6.07, 6.45) is 3.63. The van der Waals surface area contributed by atoms with Gasteiger partial charge < -0.3 is 9.80 Å². The fourth-order valence-corrected chi connectivity index (χ4v) is 5.11. The van der Waals surface area contributed by atoms with Crippen LogP contribution in [0.2, 0.25) is 0 Å². The fourth-order valence-electron chi connectivity index (χ4n) is 5.11. The Morgan fingerprint density at radius 2 is 1.47 bits per heavy atom. The minimum absolute atomic E-state index is 0.0719. The van der Waals surface area contributed by atoms with Gasteiger partial charge in [0, 0.05) is 13.6 Å². The van der Waals surface area contributed by atoms with Crippen LogP contribution in [0.5, 0.6) is 0 Å². The Morgan fingerprint density at radius 3 is 2.16 bits per heavy atom. The van der Waals surface area contributed by atoms with Crippen molar-refractivity contribution in [2.45, 2.75) is 18.6 Å². The fraction of sp³-hybridized carbons (Fsp3) is 0.280. The molecule has 3 aliphatic rings. The van der Waals surface area contributed by atoms with Crippen molar-refractivity contribution < 1.29 is 19.2 Å². The molecule has 162 valence electrons. The highest BCUT2D eigenvalue weighted by Crippen LogP contribution is 2.45. The molecular formula is C25H23N3O4. The summed E-state index contributed by atoms with van der Waals surface area (Å²) in [6.45, 7) is 0.215. The number of amides is 4. The molecule has 3 saturated heterocycles. The summed E-state index contributed by atoms with van der Waals surface area (Å²) < 4.78 is 0. The summed E-state index contributed by atoms with van der Waals surface area (Å²) in [5.41, 5.74) is 1.82. The Labute approximate surface area is 185 Å². The van der Waals surface area contributed by atoms with E-state index in [1.807, 2.05) is 66.7 Å². The molecule has 4 atom stereocenters. The minimum atomic E-state index is -0.961. The quantitative estimate of drug-likeness (QED) is 0.691. The first-order chi connectivity index (χ1) is 15.5. The topological polar surface area (TPSA) is 78.0 Å². The smallest absolute Gasteiger partial charge is 0.247 e. The van der Waals surface area contributed by atoms with Crippen LogP contribution >= 0.6 is 0 Å². The Kier molecular flexibility index (Phi) is 4.89. The van der Waals surface area contributed by atoms with Crippen LogP contribution in [-0.4, -0.2) is 64.0 Å². The van der Waals surface area contributed by atoms with Gasteiger partial charge in [0.2, 0.25) is 23.6 Å². The average molecular weight is 429 g/mol. The molecular weight excluding hydrogens is 406 g/mol. The summed E-state index contributed by atoms with van der Waals surface area (Å²) in [6, 6.07) is 17.4. The first-order valence-corrected chi connectivity index (χ1v) is 10.7. The molecule has 0 bridgehead atoms. The largest absolute Gasteiger partial charge is 0.327 e. The van der Waals surface area contributed by atoms with Crippen LogP contribution in [0.25, 0.3) is 6.08 Å². The molecule has 0 radical (unpaired) electrons. The number of carbonyl (C=O) groups is 4. The molecule has 3 aliphatic heterocycles. The second-order valence-corrected chi connectivity index (χ2v) is 8.47. The lowest BCUT2D eigenvalue weighted by atomic mass is 9.88. The molecule has 0 aromatic heterocycles. The van der Waals surface area contributed by atoms with E-state index in [1.54, 1.807) is 6.08 Å². The molecule has 0 spiro atoms. The van der Waals surface area contributed by atoms with E-state index in [2.05, 4.69) is 0 Å². The van der Waals surface area contributed by atoms with Crippen molar-refractivity contribution in [2.75, 3.05) is 13.6 Å². The summed E-state index contributed by atoms with van der Waals surface area (Å²) >= 11 is 0. The molecule has 0 aliphatic carbocycles. The highest BCUT2D eigenvalue weighted by Gasteiger charge is 2.65. The Morgan fingerprint density at radius 1 is 0.844 bits per heavy atom. The number of hydrogen-bond donors (Lipinski definition) is 0. The van der Waals surface area contributed by atoms with Crippen molar-refractivity contribution >= 4 is 29.7 Å². The van der Waals surface area contributed by atoms with Crippen molar-refractivity contribution in [1.82, 2.24) is 14.7 Å². The number of nitrogens with zero attached hydrogens (tertiary/aromatic N) is 3. The third kappa shape index (κ3) is 3.12. The van der Waals surface area contributed by atoms with Crippen molar-refractivity contribution in [2.24, 2.45) is 11.8 Å². The van der Waals surface area contributed by atoms with Gasteiger partial charge in [-0.1, -0.05) is 72.8 Å². The van der Waals surface area contributed by atoms with E-state index >= 15 is 0 Å². The number of likely N-dealkylation sites (tertiary alicyclic amines) is 1. The number of hydrogen-bond acceptors (Lipinski definition) is 4. The Bertz CT molecular complexity index is 1110. The number of fused-ring (bicyclic) bond motifs is 3. The second kappa shape index (κ2) is 7.75. The standard InChI is InChI=1S/C25H23N3O4/c1-26-23(30)20-18(13-12-16-8-4-2-5-9-16)28-19(29)15-27(14-17-10-6-3-7-11-17)25(32)22(28)21(20)24(26)31/h2-13,18,20-22H,14-15H2,1H3/b13-12+/t18-,20+,21+,22-/m1/s1. The zero-order valence-electron chi connectivity index (χ0n) is 17.6. The number of imide groups is 1. The van der Waals surface area contributed by atoms with Gasteiger partial charge in [-0.15, -0.1) is 0 Å². The van der Waals surface area contributed by atoms with Gasteiger partial charge in [0.1, 0.15) is 12.6 Å². The molecule has 2 aromatic rings. The van der Waals surface area contributed by atoms with Crippen LogP contribution in [0.1, 0.15) is 11.1 Å². The first kappa shape index (κ1) is 20.2. The molecule has 5 rings (SSSR count). The van der Waals surface area contributed by atoms with Crippen LogP contribution in [0.15, 0.2) is 66.7 Å². The number of piperazine rings is 1. The maximum Gasteiger partial charge on any atom is 0.247 e. The average Bonchev–Trinajstić information content (AvgIpc) is 3.26. The van der Waals surface area contributed by atoms with Gasteiger partial charge in [-0.3, -0.25) is 24.1 Å². The van der Waals surface area contributed by atoms with Gasteiger partial charge in [-0.2, -0.15) is 0 Å². The highest BCUT2D eigenvalue weighted by atomic mass is 16.2. The summed E-state index contributed by atoms with van der Waals surface area (Å²) in [7, 11) is 1.45. The first-order valence-electron chi connectivity index (χ1n) is 10.7. The van der Waals surface area contributed by atoms with Crippen molar-refractivity contribution in [3.63, 3.8) is 0 Å². The molecule has 2 aromatic carbocycles. The maximum atomic E-state index is 13.5. The monoisotopic (exact) mass is 429 g/mol. The van der Waals surface area contributed by atoms with Crippen LogP contribution in [0.4, 0.5) is 0 Å². The molecule has 3 fully saturated rings. The third-order valence-electron chi connectivity index (χ3n) is 6.63. The third-order valence-corrected chi connectivity index (χ3v) is 6.63. The normalized spacial score (nSPS) is 27.5. The van der Waals surface area contributed by atoms with Crippen molar-refractivity contribution in [3.05, 3.63) is 77.9 Å². The molecule has 0 saturated carbocycles. The lowest BCUT2D eigenvalue weighted by Gasteiger charge is -2.40. The SMILES string of the molecule is CN1C(=O)[C@@H]2[C@H](C1=O)[C@@H]1C(=O)N(Cc3ccccc3)CC(=O)N1[C@@H]2/C=C/c1ccccc1. The van der Waals surface area contributed by atoms with E-state index in [-0.39, 0.29) is 30.8 Å². The maximum absolute atomic E-state index is 13.5. The number of benzene rings is 2. The van der Waals surface area contributed by atoms with Crippen LogP contribution in [0.3, 0.4) is 0 Å². The van der Waals surface area contributed by atoms with Gasteiger partial charge >= 0.3 is 0 Å². The summed E-state index contributed by atoms with van der Waals surface area (Å²) in [5.74, 6) is -2.86. The lowest BCUT2D eigenvalue weighted by molar-refractivity contribution is -0.158. The van der Waals surface area contributed by atoms with Gasteiger partial charge in [0.25, 0.3) is 0 Å². The molecule has 32 heavy (non-hydrogen) atoms. The second-order valence-electron chi connectivity index (χ2n) is 8.47. The van der Waals surface area contributed by atoms with Crippen molar-refractivity contribution in [1.29, 1.82) is 0 Å². The van der Waals surface area contributed by atoms with E-state index in [0.717, 1.165) is 16.0 Å². The molecule has 7 heteroatoms. The van der Waals surface area contributed by atoms with Gasteiger partial charge in [0.15, 0.2) is 0 Å². The lowest BCUT2D eigenvalue weighted by Crippen LogP contribution is -2.61. The van der Waals surface area contributed by atoms with E-state index < -0.39 is 29.8 Å². The van der Waals surface area contributed by atoms with Crippen molar-refractivity contribution in [3.8, 4) is 0 Å². The molecule has 4 amide bonds. The highest BCUT2D eigenvalue weighted by molar-refractivity contribution is 6.11. The Hall–Kier alpha value is -3.74. The van der Waals surface area contributed by atoms with E-state index in [9.17, 15) is 19.2 Å². The van der Waals surface area contributed by atoms with E-state index in [0.29, 0.717) is 0 Å². The zero-order chi connectivity index (χ0) is 22.4. The predicted octanol–water partition coefficient (Wildman–Crippen LogP) is 1.55. The molecule has 3 heterocycles. The molecule has 7 nitrogen and oxygen atoms in total. The molecule has 0 unspecified atom stereocenters. The summed E-state index contributed by atoms with van der Waals surface area (Å²) in [5, 5.41) is 0. The van der Waals surface area contributed by atoms with E-state index in [1.165, 1.54) is 16.8 Å². The zero-order valence-corrected chi connectivity index (χ0v) is 17.6. The predicted molar refractivity (Wildman–Crippen MR) is 117 cm³/mol. The van der Waals surface area contributed by atoms with Crippen LogP contribution in [0, 0.1) is 11.8 Å². The van der Waals surface area contributed by atoms with E-state index in [4.69, 9.17) is 0 Å². The van der Waals surface area contributed by atoms with Gasteiger partial charge in [0.05, 0.1) is 17.9 Å². The van der Waals surface area contributed by atoms with Gasteiger partial charge in [-0.05, 0) is 11.1 Å². The molecule has 0 N–H and O–H groups in total. The van der Waals surface area contributed by atoms with Gasteiger partial charge in [-0.25, -0.2) is 0 Å². The van der Waals surface area contributed by atoms with Crippen LogP contribution in [-0.2, 0) is 25.7 Å². The van der Waals surface area contributed by atoms with Crippen LogP contribution < -0.4 is 0 Å².